The molecule has 112 valence electrons. The molecule has 0 fully saturated rings. The van der Waals surface area contributed by atoms with Crippen LogP contribution < -0.4 is 0 Å². The van der Waals surface area contributed by atoms with E-state index in [1.54, 1.807) is 0 Å². The van der Waals surface area contributed by atoms with E-state index >= 15 is 0 Å². The van der Waals surface area contributed by atoms with Gasteiger partial charge in [-0.3, -0.25) is 4.79 Å². The number of H-pyrrole nitrogens is 1. The zero-order chi connectivity index (χ0) is 14.9. The number of imidazole rings is 1. The van der Waals surface area contributed by atoms with E-state index in [2.05, 4.69) is 22.1 Å². The van der Waals surface area contributed by atoms with Gasteiger partial charge in [-0.2, -0.15) is 0 Å². The van der Waals surface area contributed by atoms with Crippen LogP contribution in [0, 0.1) is 0 Å². The molecule has 1 N–H and O–H groups in total. The topological polar surface area (TPSA) is 45.8 Å². The molecule has 0 amide bonds. The summed E-state index contributed by atoms with van der Waals surface area (Å²) in [6.07, 6.45) is 8.77. The van der Waals surface area contributed by atoms with Gasteiger partial charge in [0.2, 0.25) is 0 Å². The van der Waals surface area contributed by atoms with Gasteiger partial charge in [-0.1, -0.05) is 50.1 Å². The van der Waals surface area contributed by atoms with Gasteiger partial charge in [0.25, 0.3) is 0 Å². The highest BCUT2D eigenvalue weighted by molar-refractivity contribution is 5.77. The van der Waals surface area contributed by atoms with Crippen molar-refractivity contribution in [3.05, 3.63) is 42.4 Å². The van der Waals surface area contributed by atoms with Crippen molar-refractivity contribution in [1.82, 2.24) is 9.97 Å². The number of carbonyl (C=O) groups excluding carboxylic acids is 1. The summed E-state index contributed by atoms with van der Waals surface area (Å²) >= 11 is 0. The Bertz CT molecular complexity index is 545. The number of nitrogens with one attached hydrogen (secondary N) is 1. The number of benzene rings is 1. The van der Waals surface area contributed by atoms with Crippen LogP contribution in [0.3, 0.4) is 0 Å². The minimum atomic E-state index is 0.383. The van der Waals surface area contributed by atoms with E-state index in [-0.39, 0.29) is 0 Å². The number of aromatic amines is 1. The first-order chi connectivity index (χ1) is 10.3. The number of aryl methyl sites for hydroxylation is 1. The highest BCUT2D eigenvalue weighted by Crippen LogP contribution is 2.17. The van der Waals surface area contributed by atoms with E-state index < -0.39 is 0 Å². The molecule has 0 bridgehead atoms. The van der Waals surface area contributed by atoms with E-state index in [9.17, 15) is 4.79 Å². The van der Waals surface area contributed by atoms with Crippen LogP contribution in [0.25, 0.3) is 11.3 Å². The molecule has 0 radical (unpaired) electrons. The smallest absolute Gasteiger partial charge is 0.132 e. The van der Waals surface area contributed by atoms with E-state index in [0.717, 1.165) is 43.6 Å². The maximum atomic E-state index is 11.2. The Hall–Kier alpha value is -1.90. The first kappa shape index (κ1) is 15.5. The van der Waals surface area contributed by atoms with Crippen molar-refractivity contribution in [3.63, 3.8) is 0 Å². The van der Waals surface area contributed by atoms with Crippen LogP contribution in [0.15, 0.2) is 36.5 Å². The highest BCUT2D eigenvalue weighted by Gasteiger charge is 2.03. The molecule has 3 nitrogen and oxygen atoms in total. The largest absolute Gasteiger partial charge is 0.342 e. The van der Waals surface area contributed by atoms with Crippen LogP contribution in [0.2, 0.25) is 0 Å². The third-order valence-electron chi connectivity index (χ3n) is 3.73. The normalized spacial score (nSPS) is 10.7. The molecule has 2 aromatic rings. The molecule has 21 heavy (non-hydrogen) atoms. The lowest BCUT2D eigenvalue weighted by Crippen LogP contribution is -1.94. The fourth-order valence-corrected chi connectivity index (χ4v) is 2.40. The standard InChI is InChI=1S/C18H24N2O/c1-2-16(21)12-8-3-4-9-13-18-19-14-17(20-18)15-10-6-5-7-11-15/h5-7,10-11,14H,2-4,8-9,12-13H2,1H3,(H,19,20). The molecule has 3 heteroatoms. The Morgan fingerprint density at radius 1 is 1.10 bits per heavy atom. The molecule has 1 heterocycles. The van der Waals surface area contributed by atoms with Crippen LogP contribution in [-0.2, 0) is 11.2 Å². The number of rotatable bonds is 9. The second-order valence-corrected chi connectivity index (χ2v) is 5.42. The molecular weight excluding hydrogens is 260 g/mol. The van der Waals surface area contributed by atoms with E-state index in [4.69, 9.17) is 0 Å². The fourth-order valence-electron chi connectivity index (χ4n) is 2.40. The van der Waals surface area contributed by atoms with Gasteiger partial charge in [0, 0.05) is 19.3 Å². The Labute approximate surface area is 126 Å². The van der Waals surface area contributed by atoms with Crippen molar-refractivity contribution >= 4 is 5.78 Å². The first-order valence-corrected chi connectivity index (χ1v) is 7.90. The second kappa shape index (κ2) is 8.40. The first-order valence-electron chi connectivity index (χ1n) is 7.90. The molecule has 2 rings (SSSR count). The predicted molar refractivity (Wildman–Crippen MR) is 86.1 cm³/mol. The molecule has 0 saturated heterocycles. The van der Waals surface area contributed by atoms with Gasteiger partial charge in [-0.25, -0.2) is 4.98 Å². The number of hydrogen-bond acceptors (Lipinski definition) is 2. The lowest BCUT2D eigenvalue weighted by Gasteiger charge is -2.00. The number of nitrogens with zero attached hydrogens (tertiary/aromatic N) is 1. The summed E-state index contributed by atoms with van der Waals surface area (Å²) in [5, 5.41) is 0. The van der Waals surface area contributed by atoms with Gasteiger partial charge in [0.05, 0.1) is 11.9 Å². The minimum absolute atomic E-state index is 0.383. The van der Waals surface area contributed by atoms with Crippen molar-refractivity contribution in [1.29, 1.82) is 0 Å². The minimum Gasteiger partial charge on any atom is -0.342 e. The summed E-state index contributed by atoms with van der Waals surface area (Å²) in [5.41, 5.74) is 2.26. The fraction of sp³-hybridized carbons (Fsp3) is 0.444. The summed E-state index contributed by atoms with van der Waals surface area (Å²) in [4.78, 5) is 19.0. The number of Topliss-reactive ketones (excluding diaryl/α,β-unsaturated/α-hetero) is 1. The van der Waals surface area contributed by atoms with Crippen molar-refractivity contribution in [3.8, 4) is 11.3 Å². The Morgan fingerprint density at radius 2 is 1.86 bits per heavy atom. The van der Waals surface area contributed by atoms with Crippen LogP contribution in [-0.4, -0.2) is 15.8 Å². The molecule has 0 spiro atoms. The molecule has 0 aliphatic carbocycles. The van der Waals surface area contributed by atoms with E-state index in [0.29, 0.717) is 12.2 Å². The molecule has 0 atom stereocenters. The lowest BCUT2D eigenvalue weighted by molar-refractivity contribution is -0.118. The van der Waals surface area contributed by atoms with E-state index in [1.807, 2.05) is 31.3 Å². The summed E-state index contributed by atoms with van der Waals surface area (Å²) < 4.78 is 0. The molecular formula is C18H24N2O. The lowest BCUT2D eigenvalue weighted by atomic mass is 10.1. The summed E-state index contributed by atoms with van der Waals surface area (Å²) in [6.45, 7) is 1.93. The molecule has 1 aromatic heterocycles. The molecule has 0 saturated carbocycles. The molecule has 1 aromatic carbocycles. The molecule has 0 aliphatic heterocycles. The van der Waals surface area contributed by atoms with Crippen molar-refractivity contribution in [2.24, 2.45) is 0 Å². The van der Waals surface area contributed by atoms with Crippen LogP contribution in [0.5, 0.6) is 0 Å². The molecule has 0 aliphatic rings. The monoisotopic (exact) mass is 284 g/mol. The van der Waals surface area contributed by atoms with Crippen LogP contribution >= 0.6 is 0 Å². The second-order valence-electron chi connectivity index (χ2n) is 5.42. The Kier molecular flexibility index (Phi) is 6.20. The highest BCUT2D eigenvalue weighted by atomic mass is 16.1. The Morgan fingerprint density at radius 3 is 2.62 bits per heavy atom. The third kappa shape index (κ3) is 5.18. The van der Waals surface area contributed by atoms with Gasteiger partial charge < -0.3 is 4.98 Å². The van der Waals surface area contributed by atoms with Gasteiger partial charge in [-0.15, -0.1) is 0 Å². The van der Waals surface area contributed by atoms with Gasteiger partial charge in [0.1, 0.15) is 11.6 Å². The van der Waals surface area contributed by atoms with Crippen LogP contribution in [0.1, 0.15) is 51.3 Å². The van der Waals surface area contributed by atoms with E-state index in [1.165, 1.54) is 12.0 Å². The number of unbranched alkanes of at least 4 members (excludes halogenated alkanes) is 3. The predicted octanol–water partition coefficient (Wildman–Crippen LogP) is 4.55. The third-order valence-corrected chi connectivity index (χ3v) is 3.73. The van der Waals surface area contributed by atoms with Crippen molar-refractivity contribution in [2.45, 2.75) is 51.9 Å². The van der Waals surface area contributed by atoms with Gasteiger partial charge >= 0.3 is 0 Å². The summed E-state index contributed by atoms with van der Waals surface area (Å²) in [6, 6.07) is 10.3. The number of hydrogen-bond donors (Lipinski definition) is 1. The summed E-state index contributed by atoms with van der Waals surface area (Å²) in [7, 11) is 0. The van der Waals surface area contributed by atoms with Gasteiger partial charge in [0.15, 0.2) is 0 Å². The average molecular weight is 284 g/mol. The SMILES string of the molecule is CCC(=O)CCCCCCc1ncc(-c2ccccc2)[nH]1. The van der Waals surface area contributed by atoms with Crippen molar-refractivity contribution in [2.75, 3.05) is 0 Å². The number of ketones is 1. The maximum absolute atomic E-state index is 11.2. The zero-order valence-corrected chi connectivity index (χ0v) is 12.8. The average Bonchev–Trinajstić information content (AvgIpc) is 3.00. The Balaban J connectivity index is 1.68. The number of aromatic nitrogens is 2. The maximum Gasteiger partial charge on any atom is 0.132 e. The zero-order valence-electron chi connectivity index (χ0n) is 12.8. The quantitative estimate of drug-likeness (QED) is 0.687. The molecule has 0 unspecified atom stereocenters. The van der Waals surface area contributed by atoms with Crippen molar-refractivity contribution < 1.29 is 4.79 Å². The summed E-state index contributed by atoms with van der Waals surface area (Å²) in [5.74, 6) is 1.44. The number of carbonyl (C=O) groups is 1. The van der Waals surface area contributed by atoms with Crippen LogP contribution in [0.4, 0.5) is 0 Å². The van der Waals surface area contributed by atoms with Gasteiger partial charge in [-0.05, 0) is 18.4 Å².